The Balaban J connectivity index is 1.72. The van der Waals surface area contributed by atoms with Crippen molar-refractivity contribution < 1.29 is 9.53 Å². The quantitative estimate of drug-likeness (QED) is 0.861. The van der Waals surface area contributed by atoms with Crippen LogP contribution < -0.4 is 4.74 Å². The average molecular weight is 288 g/mol. The van der Waals surface area contributed by atoms with Gasteiger partial charge in [0.05, 0.1) is 5.69 Å². The van der Waals surface area contributed by atoms with E-state index in [2.05, 4.69) is 4.98 Å². The van der Waals surface area contributed by atoms with Gasteiger partial charge in [-0.25, -0.2) is 4.98 Å². The summed E-state index contributed by atoms with van der Waals surface area (Å²) < 4.78 is 5.67. The van der Waals surface area contributed by atoms with Crippen molar-refractivity contribution in [3.63, 3.8) is 0 Å². The molecular formula is C16H14ClNO2. The van der Waals surface area contributed by atoms with Crippen LogP contribution in [0.2, 0.25) is 5.02 Å². The van der Waals surface area contributed by atoms with Crippen LogP contribution in [0.25, 0.3) is 0 Å². The van der Waals surface area contributed by atoms with Gasteiger partial charge in [-0.05, 0) is 36.6 Å². The molecule has 0 bridgehead atoms. The molecular weight excluding hydrogens is 274 g/mol. The number of Topliss-reactive ketones (excluding diaryl/α,β-unsaturated/α-hetero) is 1. The molecule has 0 radical (unpaired) electrons. The number of aryl methyl sites for hydroxylation is 1. The normalized spacial score (nSPS) is 13.9. The molecule has 1 aliphatic rings. The zero-order chi connectivity index (χ0) is 13.9. The van der Waals surface area contributed by atoms with Crippen LogP contribution in [0, 0.1) is 0 Å². The smallest absolute Gasteiger partial charge is 0.213 e. The molecule has 0 spiro atoms. The standard InChI is InChI=1S/C16H14ClNO2/c17-12-6-4-11(5-7-12)10-20-16-9-8-13-14(18-16)2-1-3-15(13)19/h4-9H,1-3,10H2. The van der Waals surface area contributed by atoms with E-state index in [-0.39, 0.29) is 5.78 Å². The summed E-state index contributed by atoms with van der Waals surface area (Å²) in [5.41, 5.74) is 2.63. The SMILES string of the molecule is O=C1CCCc2nc(OCc3ccc(Cl)cc3)ccc21. The van der Waals surface area contributed by atoms with Crippen LogP contribution in [0.5, 0.6) is 5.88 Å². The number of nitrogens with zero attached hydrogens (tertiary/aromatic N) is 1. The Morgan fingerprint density at radius 2 is 1.90 bits per heavy atom. The first kappa shape index (κ1) is 13.1. The summed E-state index contributed by atoms with van der Waals surface area (Å²) in [4.78, 5) is 16.1. The molecule has 1 aromatic heterocycles. The molecule has 0 saturated heterocycles. The highest BCUT2D eigenvalue weighted by molar-refractivity contribution is 6.30. The number of rotatable bonds is 3. The minimum atomic E-state index is 0.183. The van der Waals surface area contributed by atoms with Gasteiger partial charge in [0.2, 0.25) is 5.88 Å². The Morgan fingerprint density at radius 3 is 2.70 bits per heavy atom. The molecule has 0 amide bonds. The molecule has 0 fully saturated rings. The van der Waals surface area contributed by atoms with E-state index in [1.165, 1.54) is 0 Å². The van der Waals surface area contributed by atoms with Gasteiger partial charge in [0.15, 0.2) is 5.78 Å². The second-order valence-electron chi connectivity index (χ2n) is 4.84. The molecule has 1 aromatic carbocycles. The van der Waals surface area contributed by atoms with Crippen LogP contribution in [0.1, 0.15) is 34.5 Å². The van der Waals surface area contributed by atoms with Crippen LogP contribution in [-0.4, -0.2) is 10.8 Å². The highest BCUT2D eigenvalue weighted by atomic mass is 35.5. The van der Waals surface area contributed by atoms with Crippen LogP contribution >= 0.6 is 11.6 Å². The van der Waals surface area contributed by atoms with E-state index < -0.39 is 0 Å². The average Bonchev–Trinajstić information content (AvgIpc) is 2.47. The van der Waals surface area contributed by atoms with E-state index in [1.54, 1.807) is 6.07 Å². The molecule has 3 rings (SSSR count). The van der Waals surface area contributed by atoms with Gasteiger partial charge >= 0.3 is 0 Å². The number of halogens is 1. The fraction of sp³-hybridized carbons (Fsp3) is 0.250. The van der Waals surface area contributed by atoms with Crippen molar-refractivity contribution in [2.24, 2.45) is 0 Å². The minimum absolute atomic E-state index is 0.183. The van der Waals surface area contributed by atoms with E-state index in [1.807, 2.05) is 30.3 Å². The zero-order valence-corrected chi connectivity index (χ0v) is 11.7. The molecule has 0 N–H and O–H groups in total. The zero-order valence-electron chi connectivity index (χ0n) is 10.9. The van der Waals surface area contributed by atoms with Gasteiger partial charge in [0, 0.05) is 23.1 Å². The van der Waals surface area contributed by atoms with Gasteiger partial charge in [-0.15, -0.1) is 0 Å². The Labute approximate surface area is 122 Å². The fourth-order valence-corrected chi connectivity index (χ4v) is 2.42. The van der Waals surface area contributed by atoms with Gasteiger partial charge in [-0.1, -0.05) is 23.7 Å². The number of ketones is 1. The topological polar surface area (TPSA) is 39.2 Å². The van der Waals surface area contributed by atoms with Crippen LogP contribution in [-0.2, 0) is 13.0 Å². The minimum Gasteiger partial charge on any atom is -0.473 e. The monoisotopic (exact) mass is 287 g/mol. The highest BCUT2D eigenvalue weighted by Gasteiger charge is 2.18. The molecule has 102 valence electrons. The van der Waals surface area contributed by atoms with E-state index in [0.717, 1.165) is 29.7 Å². The molecule has 0 unspecified atom stereocenters. The summed E-state index contributed by atoms with van der Waals surface area (Å²) in [6, 6.07) is 11.1. The lowest BCUT2D eigenvalue weighted by molar-refractivity contribution is 0.0971. The number of benzene rings is 1. The molecule has 0 saturated carbocycles. The molecule has 1 aliphatic carbocycles. The third-order valence-electron chi connectivity index (χ3n) is 3.37. The Morgan fingerprint density at radius 1 is 1.10 bits per heavy atom. The number of fused-ring (bicyclic) bond motifs is 1. The molecule has 4 heteroatoms. The molecule has 2 aromatic rings. The lowest BCUT2D eigenvalue weighted by Crippen LogP contribution is -2.13. The van der Waals surface area contributed by atoms with Crippen molar-refractivity contribution in [3.8, 4) is 5.88 Å². The van der Waals surface area contributed by atoms with E-state index >= 15 is 0 Å². The van der Waals surface area contributed by atoms with Crippen LogP contribution in [0.3, 0.4) is 0 Å². The third-order valence-corrected chi connectivity index (χ3v) is 3.62. The predicted octanol–water partition coefficient (Wildman–Crippen LogP) is 3.83. The van der Waals surface area contributed by atoms with Gasteiger partial charge in [0.1, 0.15) is 6.61 Å². The van der Waals surface area contributed by atoms with Crippen molar-refractivity contribution in [1.82, 2.24) is 4.98 Å². The number of hydrogen-bond donors (Lipinski definition) is 0. The Hall–Kier alpha value is -1.87. The van der Waals surface area contributed by atoms with Gasteiger partial charge in [0.25, 0.3) is 0 Å². The van der Waals surface area contributed by atoms with Crippen LogP contribution in [0.15, 0.2) is 36.4 Å². The molecule has 0 atom stereocenters. The number of pyridine rings is 1. The Bertz CT molecular complexity index is 637. The summed E-state index contributed by atoms with van der Waals surface area (Å²) >= 11 is 5.84. The number of carbonyl (C=O) groups is 1. The van der Waals surface area contributed by atoms with Crippen molar-refractivity contribution in [3.05, 3.63) is 58.2 Å². The first-order valence-corrected chi connectivity index (χ1v) is 7.00. The summed E-state index contributed by atoms with van der Waals surface area (Å²) in [5, 5.41) is 0.708. The number of ether oxygens (including phenoxy) is 1. The first-order chi connectivity index (χ1) is 9.72. The maximum atomic E-state index is 11.7. The van der Waals surface area contributed by atoms with Crippen molar-refractivity contribution in [2.45, 2.75) is 25.9 Å². The summed E-state index contributed by atoms with van der Waals surface area (Å²) in [6.07, 6.45) is 2.35. The predicted molar refractivity (Wildman–Crippen MR) is 77.3 cm³/mol. The number of hydrogen-bond acceptors (Lipinski definition) is 3. The van der Waals surface area contributed by atoms with E-state index in [9.17, 15) is 4.79 Å². The van der Waals surface area contributed by atoms with Gasteiger partial charge < -0.3 is 4.74 Å². The van der Waals surface area contributed by atoms with Gasteiger partial charge in [-0.2, -0.15) is 0 Å². The summed E-state index contributed by atoms with van der Waals surface area (Å²) in [7, 11) is 0. The number of carbonyl (C=O) groups excluding carboxylic acids is 1. The Kier molecular flexibility index (Phi) is 3.70. The molecule has 0 aliphatic heterocycles. The van der Waals surface area contributed by atoms with Crippen molar-refractivity contribution >= 4 is 17.4 Å². The van der Waals surface area contributed by atoms with E-state index in [0.29, 0.717) is 23.9 Å². The van der Waals surface area contributed by atoms with E-state index in [4.69, 9.17) is 16.3 Å². The maximum Gasteiger partial charge on any atom is 0.213 e. The van der Waals surface area contributed by atoms with Crippen molar-refractivity contribution in [2.75, 3.05) is 0 Å². The van der Waals surface area contributed by atoms with Crippen LogP contribution in [0.4, 0.5) is 0 Å². The molecule has 3 nitrogen and oxygen atoms in total. The van der Waals surface area contributed by atoms with Crippen molar-refractivity contribution in [1.29, 1.82) is 0 Å². The largest absolute Gasteiger partial charge is 0.473 e. The second kappa shape index (κ2) is 5.63. The lowest BCUT2D eigenvalue weighted by Gasteiger charge is -2.14. The fourth-order valence-electron chi connectivity index (χ4n) is 2.30. The molecule has 1 heterocycles. The lowest BCUT2D eigenvalue weighted by atomic mass is 9.95. The second-order valence-corrected chi connectivity index (χ2v) is 5.27. The maximum absolute atomic E-state index is 11.7. The summed E-state index contributed by atoms with van der Waals surface area (Å²) in [5.74, 6) is 0.747. The third kappa shape index (κ3) is 2.83. The molecule has 20 heavy (non-hydrogen) atoms. The highest BCUT2D eigenvalue weighted by Crippen LogP contribution is 2.22. The summed E-state index contributed by atoms with van der Waals surface area (Å²) in [6.45, 7) is 0.441. The number of aromatic nitrogens is 1. The first-order valence-electron chi connectivity index (χ1n) is 6.63. The van der Waals surface area contributed by atoms with Gasteiger partial charge in [-0.3, -0.25) is 4.79 Å².